The fourth-order valence-corrected chi connectivity index (χ4v) is 4.03. The number of hydrogen-bond donors (Lipinski definition) is 1. The topological polar surface area (TPSA) is 107 Å². The van der Waals surface area contributed by atoms with Crippen LogP contribution in [-0.2, 0) is 23.0 Å². The fraction of sp³-hybridized carbons (Fsp3) is 0.167. The molecule has 2 aromatic carbocycles. The lowest BCUT2D eigenvalue weighted by atomic mass is 10.1. The van der Waals surface area contributed by atoms with Crippen LogP contribution in [0.1, 0.15) is 18.1 Å². The van der Waals surface area contributed by atoms with Crippen LogP contribution in [0.25, 0.3) is 5.69 Å². The number of sulfonamides is 1. The second-order valence-corrected chi connectivity index (χ2v) is 7.58. The van der Waals surface area contributed by atoms with E-state index in [2.05, 4.69) is 9.82 Å². The number of benzene rings is 2. The maximum absolute atomic E-state index is 12.7. The highest BCUT2D eigenvalue weighted by atomic mass is 32.2. The molecule has 0 aliphatic heterocycles. The number of nitro benzene ring substituents is 1. The highest BCUT2D eigenvalue weighted by Crippen LogP contribution is 2.23. The molecule has 1 heterocycles. The highest BCUT2D eigenvalue weighted by molar-refractivity contribution is 7.89. The van der Waals surface area contributed by atoms with Crippen molar-refractivity contribution < 1.29 is 13.3 Å². The van der Waals surface area contributed by atoms with Crippen molar-refractivity contribution in [3.63, 3.8) is 0 Å². The summed E-state index contributed by atoms with van der Waals surface area (Å²) in [5, 5.41) is 15.1. The zero-order chi connectivity index (χ0) is 19.4. The van der Waals surface area contributed by atoms with E-state index in [9.17, 15) is 18.5 Å². The van der Waals surface area contributed by atoms with Crippen molar-refractivity contribution in [1.29, 1.82) is 0 Å². The number of nitro groups is 1. The third-order valence-electron chi connectivity index (χ3n) is 4.08. The minimum absolute atomic E-state index is 0.0588. The van der Waals surface area contributed by atoms with E-state index in [1.165, 1.54) is 12.1 Å². The molecule has 0 saturated carbocycles. The molecule has 8 nitrogen and oxygen atoms in total. The summed E-state index contributed by atoms with van der Waals surface area (Å²) < 4.78 is 29.6. The van der Waals surface area contributed by atoms with Gasteiger partial charge in [0.25, 0.3) is 5.69 Å². The van der Waals surface area contributed by atoms with E-state index in [0.29, 0.717) is 12.0 Å². The first-order valence-corrected chi connectivity index (χ1v) is 9.75. The number of nitrogens with one attached hydrogen (secondary N) is 1. The Balaban J connectivity index is 1.85. The maximum Gasteiger partial charge on any atom is 0.270 e. The van der Waals surface area contributed by atoms with Gasteiger partial charge in [-0.3, -0.25) is 10.1 Å². The van der Waals surface area contributed by atoms with Crippen LogP contribution in [0.15, 0.2) is 65.8 Å². The van der Waals surface area contributed by atoms with Crippen molar-refractivity contribution in [2.75, 3.05) is 0 Å². The van der Waals surface area contributed by atoms with Crippen molar-refractivity contribution in [1.82, 2.24) is 14.5 Å². The smallest absolute Gasteiger partial charge is 0.258 e. The molecule has 27 heavy (non-hydrogen) atoms. The Bertz CT molecular complexity index is 1060. The van der Waals surface area contributed by atoms with Gasteiger partial charge in [0.1, 0.15) is 0 Å². The molecule has 1 aromatic heterocycles. The summed E-state index contributed by atoms with van der Waals surface area (Å²) in [5.74, 6) is 0. The quantitative estimate of drug-likeness (QED) is 0.496. The summed E-state index contributed by atoms with van der Waals surface area (Å²) in [4.78, 5) is 10.3. The first-order valence-electron chi connectivity index (χ1n) is 8.26. The predicted octanol–water partition coefficient (Wildman–Crippen LogP) is 2.82. The predicted molar refractivity (Wildman–Crippen MR) is 100 cm³/mol. The summed E-state index contributed by atoms with van der Waals surface area (Å²) in [6, 6.07) is 13.0. The summed E-state index contributed by atoms with van der Waals surface area (Å²) in [6.07, 6.45) is 3.90. The molecule has 0 aliphatic carbocycles. The molecular formula is C18H18N4O4S. The van der Waals surface area contributed by atoms with Gasteiger partial charge in [-0.25, -0.2) is 17.8 Å². The van der Waals surface area contributed by atoms with Gasteiger partial charge in [-0.15, -0.1) is 0 Å². The van der Waals surface area contributed by atoms with Crippen LogP contribution in [-0.4, -0.2) is 23.1 Å². The normalized spacial score (nSPS) is 11.4. The Morgan fingerprint density at radius 1 is 1.19 bits per heavy atom. The zero-order valence-corrected chi connectivity index (χ0v) is 15.4. The van der Waals surface area contributed by atoms with Gasteiger partial charge in [-0.05, 0) is 35.7 Å². The molecular weight excluding hydrogens is 368 g/mol. The monoisotopic (exact) mass is 386 g/mol. The van der Waals surface area contributed by atoms with Gasteiger partial charge < -0.3 is 0 Å². The minimum Gasteiger partial charge on any atom is -0.258 e. The summed E-state index contributed by atoms with van der Waals surface area (Å²) in [5.41, 5.74) is 1.82. The van der Waals surface area contributed by atoms with E-state index in [1.807, 2.05) is 18.2 Å². The number of non-ortho nitro benzene ring substituents is 1. The summed E-state index contributed by atoms with van der Waals surface area (Å²) in [6.45, 7) is 1.86. The molecule has 9 heteroatoms. The molecule has 0 spiro atoms. The second-order valence-electron chi connectivity index (χ2n) is 5.85. The van der Waals surface area contributed by atoms with E-state index in [-0.39, 0.29) is 17.1 Å². The lowest BCUT2D eigenvalue weighted by molar-refractivity contribution is -0.385. The Kier molecular flexibility index (Phi) is 5.33. The molecule has 1 N–H and O–H groups in total. The van der Waals surface area contributed by atoms with Crippen LogP contribution < -0.4 is 4.72 Å². The molecule has 0 saturated heterocycles. The van der Waals surface area contributed by atoms with Gasteiger partial charge in [0, 0.05) is 31.1 Å². The van der Waals surface area contributed by atoms with Gasteiger partial charge in [0.15, 0.2) is 0 Å². The maximum atomic E-state index is 12.7. The second kappa shape index (κ2) is 7.68. The first kappa shape index (κ1) is 18.7. The van der Waals surface area contributed by atoms with Gasteiger partial charge >= 0.3 is 0 Å². The fourth-order valence-electron chi connectivity index (χ4n) is 2.69. The lowest BCUT2D eigenvalue weighted by Crippen LogP contribution is -2.24. The third kappa shape index (κ3) is 4.21. The average molecular weight is 386 g/mol. The van der Waals surface area contributed by atoms with Crippen molar-refractivity contribution in [3.05, 3.63) is 82.2 Å². The number of aromatic nitrogens is 2. The van der Waals surface area contributed by atoms with Crippen LogP contribution in [0, 0.1) is 10.1 Å². The standard InChI is InChI=1S/C18H18N4O4S/c1-2-15-7-8-17(22(23)24)12-18(15)27(25,26)20-13-14-5-3-6-16(11-14)21-10-4-9-19-21/h3-12,20H,2,13H2,1H3. The van der Waals surface area contributed by atoms with Gasteiger partial charge in [0.05, 0.1) is 15.5 Å². The zero-order valence-electron chi connectivity index (χ0n) is 14.6. The Labute approximate surface area is 156 Å². The Hall–Kier alpha value is -3.04. The van der Waals surface area contributed by atoms with Crippen molar-refractivity contribution >= 4 is 15.7 Å². The molecule has 0 amide bonds. The van der Waals surface area contributed by atoms with E-state index in [0.717, 1.165) is 17.3 Å². The molecule has 0 fully saturated rings. The Morgan fingerprint density at radius 2 is 2.00 bits per heavy atom. The van der Waals surface area contributed by atoms with Crippen LogP contribution in [0.3, 0.4) is 0 Å². The average Bonchev–Trinajstić information content (AvgIpc) is 3.21. The SMILES string of the molecule is CCc1ccc([N+](=O)[O-])cc1S(=O)(=O)NCc1cccc(-n2cccn2)c1. The van der Waals surface area contributed by atoms with E-state index >= 15 is 0 Å². The minimum atomic E-state index is -3.90. The largest absolute Gasteiger partial charge is 0.270 e. The van der Waals surface area contributed by atoms with Crippen LogP contribution in [0.5, 0.6) is 0 Å². The number of aryl methyl sites for hydroxylation is 1. The van der Waals surface area contributed by atoms with Gasteiger partial charge in [-0.2, -0.15) is 5.10 Å². The molecule has 140 valence electrons. The third-order valence-corrected chi connectivity index (χ3v) is 5.56. The molecule has 3 aromatic rings. The lowest BCUT2D eigenvalue weighted by Gasteiger charge is -2.11. The van der Waals surface area contributed by atoms with E-state index in [4.69, 9.17) is 0 Å². The number of nitrogens with zero attached hydrogens (tertiary/aromatic N) is 3. The van der Waals surface area contributed by atoms with Crippen molar-refractivity contribution in [2.45, 2.75) is 24.8 Å². The van der Waals surface area contributed by atoms with Crippen molar-refractivity contribution in [3.8, 4) is 5.69 Å². The molecule has 0 unspecified atom stereocenters. The first-order chi connectivity index (χ1) is 12.9. The highest BCUT2D eigenvalue weighted by Gasteiger charge is 2.21. The van der Waals surface area contributed by atoms with Gasteiger partial charge in [-0.1, -0.05) is 25.1 Å². The Morgan fingerprint density at radius 3 is 2.67 bits per heavy atom. The van der Waals surface area contributed by atoms with Crippen LogP contribution in [0.4, 0.5) is 5.69 Å². The van der Waals surface area contributed by atoms with E-state index in [1.54, 1.807) is 36.1 Å². The molecule has 0 atom stereocenters. The molecule has 0 bridgehead atoms. The van der Waals surface area contributed by atoms with Crippen LogP contribution in [0.2, 0.25) is 0 Å². The number of hydrogen-bond acceptors (Lipinski definition) is 5. The molecule has 0 radical (unpaired) electrons. The van der Waals surface area contributed by atoms with Crippen LogP contribution >= 0.6 is 0 Å². The molecule has 0 aliphatic rings. The summed E-state index contributed by atoms with van der Waals surface area (Å²) in [7, 11) is -3.90. The number of rotatable bonds is 7. The van der Waals surface area contributed by atoms with Gasteiger partial charge in [0.2, 0.25) is 10.0 Å². The van der Waals surface area contributed by atoms with E-state index < -0.39 is 14.9 Å². The summed E-state index contributed by atoms with van der Waals surface area (Å²) >= 11 is 0. The molecule has 3 rings (SSSR count). The van der Waals surface area contributed by atoms with Crippen molar-refractivity contribution in [2.24, 2.45) is 0 Å².